The number of hydrogen-bond acceptors (Lipinski definition) is 7. The average Bonchev–Trinajstić information content (AvgIpc) is 3.45. The lowest BCUT2D eigenvalue weighted by Gasteiger charge is -2.44. The van der Waals surface area contributed by atoms with Crippen LogP contribution in [0.15, 0.2) is 63.1 Å². The summed E-state index contributed by atoms with van der Waals surface area (Å²) >= 11 is 0. The minimum Gasteiger partial charge on any atom is -0.511 e. The summed E-state index contributed by atoms with van der Waals surface area (Å²) in [6, 6.07) is 9.23. The third-order valence-corrected chi connectivity index (χ3v) is 9.60. The summed E-state index contributed by atoms with van der Waals surface area (Å²) in [5.41, 5.74) is 0.458. The van der Waals surface area contributed by atoms with Gasteiger partial charge in [-0.1, -0.05) is 12.1 Å². The minimum absolute atomic E-state index is 0.0585. The van der Waals surface area contributed by atoms with Crippen molar-refractivity contribution < 1.29 is 31.1 Å². The molecule has 2 saturated carbocycles. The molecule has 4 unspecified atom stereocenters. The van der Waals surface area contributed by atoms with E-state index in [4.69, 9.17) is 5.14 Å². The maximum absolute atomic E-state index is 13.9. The van der Waals surface area contributed by atoms with Crippen LogP contribution in [0.2, 0.25) is 0 Å². The summed E-state index contributed by atoms with van der Waals surface area (Å²) < 4.78 is 68.3. The number of anilines is 2. The number of carbonyl (C=O) groups is 1. The molecule has 38 heavy (non-hydrogen) atoms. The van der Waals surface area contributed by atoms with Gasteiger partial charge in [0.15, 0.2) is 5.84 Å². The Balaban J connectivity index is 1.41. The first-order chi connectivity index (χ1) is 17.9. The molecule has 200 valence electrons. The highest BCUT2D eigenvalue weighted by atomic mass is 32.2. The SMILES string of the molecule is NS(=O)(=O)Nc1ccc2c(c1)S(=O)(=O)N=C(C1=C(O)C3C4CCC(C4)C3N(Cc3ccc(F)cc3)C1=O)N2. The summed E-state index contributed by atoms with van der Waals surface area (Å²) in [5, 5.41) is 19.2. The van der Waals surface area contributed by atoms with Crippen molar-refractivity contribution in [3.05, 3.63) is 65.2 Å². The van der Waals surface area contributed by atoms with Crippen LogP contribution in [-0.4, -0.2) is 44.6 Å². The van der Waals surface area contributed by atoms with Crippen LogP contribution in [0.4, 0.5) is 15.8 Å². The molecule has 1 amide bonds. The quantitative estimate of drug-likeness (QED) is 0.433. The second-order valence-electron chi connectivity index (χ2n) is 10.1. The van der Waals surface area contributed by atoms with E-state index in [1.165, 1.54) is 24.3 Å². The molecular formula is C24H24FN5O6S2. The third kappa shape index (κ3) is 4.12. The van der Waals surface area contributed by atoms with Gasteiger partial charge in [0.1, 0.15) is 22.0 Å². The van der Waals surface area contributed by atoms with Gasteiger partial charge in [0.05, 0.1) is 11.4 Å². The van der Waals surface area contributed by atoms with E-state index < -0.39 is 32.0 Å². The number of benzene rings is 2. The number of sulfonamides is 1. The highest BCUT2D eigenvalue weighted by Gasteiger charge is 2.57. The molecule has 0 aromatic heterocycles. The molecular weight excluding hydrogens is 537 g/mol. The van der Waals surface area contributed by atoms with E-state index in [9.17, 15) is 31.1 Å². The zero-order valence-electron chi connectivity index (χ0n) is 19.8. The molecule has 14 heteroatoms. The Morgan fingerprint density at radius 3 is 2.58 bits per heavy atom. The van der Waals surface area contributed by atoms with Crippen LogP contribution in [0.1, 0.15) is 24.8 Å². The van der Waals surface area contributed by atoms with Crippen molar-refractivity contribution in [2.45, 2.75) is 36.7 Å². The van der Waals surface area contributed by atoms with Crippen LogP contribution in [0.5, 0.6) is 0 Å². The molecule has 2 bridgehead atoms. The molecule has 2 aromatic carbocycles. The van der Waals surface area contributed by atoms with Gasteiger partial charge >= 0.3 is 0 Å². The first-order valence-electron chi connectivity index (χ1n) is 12.0. The molecule has 2 aliphatic heterocycles. The first-order valence-corrected chi connectivity index (χ1v) is 15.0. The molecule has 2 heterocycles. The van der Waals surface area contributed by atoms with Gasteiger partial charge in [-0.3, -0.25) is 9.52 Å². The first kappa shape index (κ1) is 24.8. The Morgan fingerprint density at radius 1 is 1.16 bits per heavy atom. The lowest BCUT2D eigenvalue weighted by molar-refractivity contribution is -0.134. The standard InChI is InChI=1S/C24H24FN5O6S2/c25-15-5-1-12(2-6-15)11-30-21-14-4-3-13(9-14)19(21)22(31)20(24(30)32)23-27-17-8-7-16(28-38(26,35)36)10-18(17)37(33,34)29-23/h1-2,5-8,10,13-14,19,21,28,31H,3-4,9,11H2,(H,27,29)(H2,26,35,36). The van der Waals surface area contributed by atoms with Crippen molar-refractivity contribution in [1.82, 2.24) is 4.90 Å². The molecule has 5 N–H and O–H groups in total. The van der Waals surface area contributed by atoms with Crippen molar-refractivity contribution in [3.63, 3.8) is 0 Å². The van der Waals surface area contributed by atoms with E-state index in [2.05, 4.69) is 9.71 Å². The summed E-state index contributed by atoms with van der Waals surface area (Å²) in [7, 11) is -8.53. The van der Waals surface area contributed by atoms with Gasteiger partial charge in [-0.05, 0) is 67.0 Å². The average molecular weight is 562 g/mol. The molecule has 0 radical (unpaired) electrons. The van der Waals surface area contributed by atoms with Crippen LogP contribution in [0.25, 0.3) is 0 Å². The molecule has 2 aromatic rings. The number of nitrogens with one attached hydrogen (secondary N) is 2. The maximum atomic E-state index is 13.9. The number of fused-ring (bicyclic) bond motifs is 6. The van der Waals surface area contributed by atoms with E-state index in [0.717, 1.165) is 25.3 Å². The Hall–Kier alpha value is -3.49. The van der Waals surface area contributed by atoms with E-state index in [0.29, 0.717) is 5.56 Å². The highest BCUT2D eigenvalue weighted by molar-refractivity contribution is 7.91. The molecule has 4 atom stereocenters. The zero-order valence-corrected chi connectivity index (χ0v) is 21.5. The molecule has 4 aliphatic rings. The largest absolute Gasteiger partial charge is 0.511 e. The van der Waals surface area contributed by atoms with Crippen LogP contribution < -0.4 is 15.2 Å². The van der Waals surface area contributed by atoms with Crippen LogP contribution in [0.3, 0.4) is 0 Å². The van der Waals surface area contributed by atoms with E-state index in [-0.39, 0.29) is 63.8 Å². The van der Waals surface area contributed by atoms with Crippen molar-refractivity contribution >= 4 is 43.4 Å². The molecule has 0 saturated heterocycles. The normalized spacial score (nSPS) is 27.5. The van der Waals surface area contributed by atoms with Crippen LogP contribution in [-0.2, 0) is 31.6 Å². The van der Waals surface area contributed by atoms with Gasteiger partial charge in [-0.25, -0.2) is 9.53 Å². The minimum atomic E-state index is -4.39. The Bertz CT molecular complexity index is 1640. The smallest absolute Gasteiger partial charge is 0.296 e. The number of nitrogens with two attached hydrogens (primary N) is 1. The van der Waals surface area contributed by atoms with Gasteiger partial charge in [0, 0.05) is 18.5 Å². The van der Waals surface area contributed by atoms with E-state index >= 15 is 0 Å². The van der Waals surface area contributed by atoms with Crippen LogP contribution >= 0.6 is 0 Å². The molecule has 6 rings (SSSR count). The number of hydrogen-bond donors (Lipinski definition) is 4. The number of amidine groups is 1. The molecule has 0 spiro atoms. The topological polar surface area (TPSA) is 171 Å². The Kier molecular flexibility index (Phi) is 5.56. The molecule has 2 fully saturated rings. The van der Waals surface area contributed by atoms with Gasteiger partial charge in [0.25, 0.3) is 26.1 Å². The number of carbonyl (C=O) groups excluding carboxylic acids is 1. The predicted molar refractivity (Wildman–Crippen MR) is 136 cm³/mol. The molecule has 2 aliphatic carbocycles. The van der Waals surface area contributed by atoms with Gasteiger partial charge in [-0.2, -0.15) is 16.8 Å². The fourth-order valence-electron chi connectivity index (χ4n) is 6.33. The van der Waals surface area contributed by atoms with Crippen molar-refractivity contribution in [1.29, 1.82) is 0 Å². The van der Waals surface area contributed by atoms with Gasteiger partial charge in [-0.15, -0.1) is 4.40 Å². The number of nitrogens with zero attached hydrogens (tertiary/aromatic N) is 2. The van der Waals surface area contributed by atoms with Crippen LogP contribution in [0, 0.1) is 23.6 Å². The second-order valence-corrected chi connectivity index (χ2v) is 12.9. The number of aliphatic hydroxyl groups excluding tert-OH is 1. The van der Waals surface area contributed by atoms with Crippen molar-refractivity contribution in [2.75, 3.05) is 10.0 Å². The van der Waals surface area contributed by atoms with Gasteiger partial charge < -0.3 is 15.3 Å². The molecule has 11 nitrogen and oxygen atoms in total. The van der Waals surface area contributed by atoms with Gasteiger partial charge in [0.2, 0.25) is 0 Å². The second kappa shape index (κ2) is 8.51. The summed E-state index contributed by atoms with van der Waals surface area (Å²) in [4.78, 5) is 15.2. The Labute approximate surface area is 218 Å². The fourth-order valence-corrected chi connectivity index (χ4v) is 7.93. The predicted octanol–water partition coefficient (Wildman–Crippen LogP) is 2.22. The monoisotopic (exact) mass is 561 g/mol. The number of halogens is 1. The summed E-state index contributed by atoms with van der Waals surface area (Å²) in [6.07, 6.45) is 2.67. The lowest BCUT2D eigenvalue weighted by atomic mass is 9.77. The van der Waals surface area contributed by atoms with E-state index in [1.807, 2.05) is 4.72 Å². The zero-order chi connectivity index (χ0) is 27.0. The lowest BCUT2D eigenvalue weighted by Crippen LogP contribution is -2.53. The fraction of sp³-hybridized carbons (Fsp3) is 0.333. The number of rotatable bonds is 5. The van der Waals surface area contributed by atoms with Crippen molar-refractivity contribution in [2.24, 2.45) is 27.3 Å². The Morgan fingerprint density at radius 2 is 1.87 bits per heavy atom. The maximum Gasteiger partial charge on any atom is 0.296 e. The van der Waals surface area contributed by atoms with Crippen molar-refractivity contribution in [3.8, 4) is 0 Å². The third-order valence-electron chi connectivity index (χ3n) is 7.77. The number of aliphatic hydroxyl groups is 1. The highest BCUT2D eigenvalue weighted by Crippen LogP contribution is 2.55. The number of amides is 1. The van der Waals surface area contributed by atoms with E-state index in [1.54, 1.807) is 17.0 Å². The summed E-state index contributed by atoms with van der Waals surface area (Å²) in [5.74, 6) is -1.48. The summed E-state index contributed by atoms with van der Waals surface area (Å²) in [6.45, 7) is 0.166.